The van der Waals surface area contributed by atoms with Crippen molar-refractivity contribution >= 4 is 15.5 Å². The van der Waals surface area contributed by atoms with Crippen molar-refractivity contribution in [2.75, 3.05) is 26.2 Å². The molecule has 0 amide bonds. The summed E-state index contributed by atoms with van der Waals surface area (Å²) in [7, 11) is -3.25. The second-order valence-corrected chi connectivity index (χ2v) is 7.27. The maximum Gasteiger partial charge on any atom is 0.322 e. The summed E-state index contributed by atoms with van der Waals surface area (Å²) >= 11 is 0. The Labute approximate surface area is 76.5 Å². The molecule has 76 valence electrons. The summed E-state index contributed by atoms with van der Waals surface area (Å²) < 4.78 is 9.33. The van der Waals surface area contributed by atoms with E-state index in [4.69, 9.17) is 9.79 Å². The van der Waals surface area contributed by atoms with Crippen LogP contribution in [0.5, 0.6) is 0 Å². The fourth-order valence-corrected chi connectivity index (χ4v) is 1.42. The Balaban J connectivity index is 0. The molecule has 0 atom stereocenters. The Morgan fingerprint density at radius 2 is 1.67 bits per heavy atom. The first kappa shape index (κ1) is 15.1. The first-order valence-electron chi connectivity index (χ1n) is 3.95. The summed E-state index contributed by atoms with van der Waals surface area (Å²) in [5.74, 6) is 0. The summed E-state index contributed by atoms with van der Waals surface area (Å²) in [6.07, 6.45) is 4.26. The van der Waals surface area contributed by atoms with Gasteiger partial charge in [-0.15, -0.1) is 7.92 Å². The third-order valence-corrected chi connectivity index (χ3v) is 2.17. The highest BCUT2D eigenvalue weighted by atomic mass is 31.2. The zero-order chi connectivity index (χ0) is 10.2. The van der Waals surface area contributed by atoms with Crippen LogP contribution >= 0.6 is 15.5 Å². The van der Waals surface area contributed by atoms with Crippen LogP contribution in [0.25, 0.3) is 0 Å². The Kier molecular flexibility index (Phi) is 10.3. The minimum atomic E-state index is -3.64. The molecule has 0 spiro atoms. The van der Waals surface area contributed by atoms with Crippen molar-refractivity contribution in [1.29, 1.82) is 0 Å². The smallest absolute Gasteiger partial charge is 0.322 e. The van der Waals surface area contributed by atoms with Crippen LogP contribution in [0, 0.1) is 0 Å². The molecule has 0 heterocycles. The average molecular weight is 214 g/mol. The monoisotopic (exact) mass is 214 g/mol. The van der Waals surface area contributed by atoms with Crippen LogP contribution in [0.4, 0.5) is 0 Å². The van der Waals surface area contributed by atoms with Gasteiger partial charge < -0.3 is 9.79 Å². The third kappa shape index (κ3) is 46.3. The zero-order valence-corrected chi connectivity index (χ0v) is 10.1. The van der Waals surface area contributed by atoms with E-state index in [9.17, 15) is 4.57 Å². The molecule has 0 unspecified atom stereocenters. The number of hydrogen-bond donors (Lipinski definition) is 2. The summed E-state index contributed by atoms with van der Waals surface area (Å²) in [6.45, 7) is 7.78. The van der Waals surface area contributed by atoms with E-state index in [1.165, 1.54) is 19.0 Å². The van der Waals surface area contributed by atoms with E-state index in [1.54, 1.807) is 0 Å². The van der Waals surface area contributed by atoms with Gasteiger partial charge in [0.25, 0.3) is 0 Å². The molecule has 5 heteroatoms. The van der Waals surface area contributed by atoms with Gasteiger partial charge in [0.05, 0.1) is 0 Å². The van der Waals surface area contributed by atoms with Crippen LogP contribution in [0.15, 0.2) is 0 Å². The Bertz CT molecular complexity index is 122. The molecule has 0 rings (SSSR count). The molecule has 0 radical (unpaired) electrons. The number of unbranched alkanes of at least 4 members (excludes halogenated alkanes) is 1. The minimum Gasteiger partial charge on any atom is -0.325 e. The van der Waals surface area contributed by atoms with Gasteiger partial charge in [0.15, 0.2) is 0 Å². The van der Waals surface area contributed by atoms with Crippen LogP contribution in [-0.2, 0) is 4.57 Å². The maximum atomic E-state index is 9.33. The quantitative estimate of drug-likeness (QED) is 0.709. The van der Waals surface area contributed by atoms with E-state index >= 15 is 0 Å². The topological polar surface area (TPSA) is 57.5 Å². The summed E-state index contributed by atoms with van der Waals surface area (Å²) in [4.78, 5) is 15.3. The fourth-order valence-electron chi connectivity index (χ4n) is 0.474. The van der Waals surface area contributed by atoms with Crippen molar-refractivity contribution in [1.82, 2.24) is 0 Å². The van der Waals surface area contributed by atoms with E-state index in [-0.39, 0.29) is 0 Å². The van der Waals surface area contributed by atoms with Crippen LogP contribution in [-0.4, -0.2) is 35.9 Å². The zero-order valence-electron chi connectivity index (χ0n) is 8.32. The van der Waals surface area contributed by atoms with Gasteiger partial charge in [-0.2, -0.15) is 0 Å². The molecule has 0 aliphatic heterocycles. The lowest BCUT2D eigenvalue weighted by Crippen LogP contribution is -1.77. The lowest BCUT2D eigenvalue weighted by molar-refractivity contribution is 0.381. The van der Waals surface area contributed by atoms with Crippen molar-refractivity contribution in [2.24, 2.45) is 0 Å². The molecule has 3 nitrogen and oxygen atoms in total. The molecule has 0 aromatic carbocycles. The van der Waals surface area contributed by atoms with Gasteiger partial charge in [-0.3, -0.25) is 4.57 Å². The summed E-state index contributed by atoms with van der Waals surface area (Å²) in [5, 5.41) is 0. The highest BCUT2D eigenvalue weighted by Gasteiger charge is 1.95. The van der Waals surface area contributed by atoms with Crippen LogP contribution in [0.1, 0.15) is 19.8 Å². The average Bonchev–Trinajstić information content (AvgIpc) is 1.79. The maximum absolute atomic E-state index is 9.33. The molecule has 2 N–H and O–H groups in total. The van der Waals surface area contributed by atoms with Gasteiger partial charge in [-0.25, -0.2) is 0 Å². The van der Waals surface area contributed by atoms with Gasteiger partial charge in [-0.05, 0) is 25.9 Å². The molecule has 0 aromatic rings. The highest BCUT2D eigenvalue weighted by molar-refractivity contribution is 7.55. The lowest BCUT2D eigenvalue weighted by atomic mass is 10.4. The van der Waals surface area contributed by atoms with Gasteiger partial charge in [0.1, 0.15) is 0 Å². The van der Waals surface area contributed by atoms with Crippen molar-refractivity contribution in [2.45, 2.75) is 19.8 Å². The minimum absolute atomic E-state index is 0.394. The van der Waals surface area contributed by atoms with E-state index in [0.29, 0.717) is 7.92 Å². The number of rotatable bonds is 3. The fraction of sp³-hybridized carbons (Fsp3) is 1.00. The largest absolute Gasteiger partial charge is 0.325 e. The molecule has 0 bridgehead atoms. The van der Waals surface area contributed by atoms with Crippen molar-refractivity contribution in [3.63, 3.8) is 0 Å². The van der Waals surface area contributed by atoms with Gasteiger partial charge in [-0.1, -0.05) is 13.3 Å². The molecule has 0 saturated heterocycles. The lowest BCUT2D eigenvalue weighted by Gasteiger charge is -2.00. The highest BCUT2D eigenvalue weighted by Crippen LogP contribution is 2.26. The predicted molar refractivity (Wildman–Crippen MR) is 56.5 cm³/mol. The Hall–Kier alpha value is 0.580. The Morgan fingerprint density at radius 3 is 1.75 bits per heavy atom. The molecular formula is C7H20O3P2. The standard InChI is InChI=1S/C6H15P.CH5O3P/c1-4-5-6-7(2)3;1-5(2,3)4/h4-6H2,1-3H3;1H3,(H2,2,3,4). The van der Waals surface area contributed by atoms with Gasteiger partial charge in [0, 0.05) is 6.66 Å². The second kappa shape index (κ2) is 8.19. The van der Waals surface area contributed by atoms with E-state index < -0.39 is 7.60 Å². The van der Waals surface area contributed by atoms with E-state index in [0.717, 1.165) is 6.66 Å². The van der Waals surface area contributed by atoms with Crippen LogP contribution < -0.4 is 0 Å². The van der Waals surface area contributed by atoms with Gasteiger partial charge >= 0.3 is 7.60 Å². The molecule has 0 fully saturated rings. The number of hydrogen-bond acceptors (Lipinski definition) is 1. The molecule has 0 saturated carbocycles. The summed E-state index contributed by atoms with van der Waals surface area (Å²) in [6, 6.07) is 0. The second-order valence-electron chi connectivity index (χ2n) is 2.99. The molecular weight excluding hydrogens is 194 g/mol. The molecule has 0 aliphatic rings. The van der Waals surface area contributed by atoms with Crippen molar-refractivity contribution in [3.05, 3.63) is 0 Å². The van der Waals surface area contributed by atoms with E-state index in [1.807, 2.05) is 0 Å². The van der Waals surface area contributed by atoms with Crippen LogP contribution in [0.2, 0.25) is 0 Å². The molecule has 12 heavy (non-hydrogen) atoms. The normalized spacial score (nSPS) is 10.9. The summed E-state index contributed by atoms with van der Waals surface area (Å²) in [5.41, 5.74) is 0. The van der Waals surface area contributed by atoms with Crippen LogP contribution in [0.3, 0.4) is 0 Å². The predicted octanol–water partition coefficient (Wildman–Crippen LogP) is 2.32. The first-order chi connectivity index (χ1) is 5.27. The van der Waals surface area contributed by atoms with E-state index in [2.05, 4.69) is 20.3 Å². The molecule has 0 aromatic heterocycles. The third-order valence-electron chi connectivity index (χ3n) is 0.959. The van der Waals surface area contributed by atoms with Crippen molar-refractivity contribution < 1.29 is 14.4 Å². The van der Waals surface area contributed by atoms with Crippen molar-refractivity contribution in [3.8, 4) is 0 Å². The Morgan fingerprint density at radius 1 is 1.33 bits per heavy atom. The SMILES string of the molecule is CCCCP(C)C.CP(=O)(O)O. The van der Waals surface area contributed by atoms with Gasteiger partial charge in [0.2, 0.25) is 0 Å². The molecule has 0 aliphatic carbocycles. The first-order valence-corrected chi connectivity index (χ1v) is 8.43.